The van der Waals surface area contributed by atoms with E-state index in [1.165, 1.54) is 12.1 Å². The Labute approximate surface area is 164 Å². The maximum Gasteiger partial charge on any atom is 0.255 e. The molecule has 0 saturated carbocycles. The van der Waals surface area contributed by atoms with E-state index in [1.807, 2.05) is 62.3 Å². The molecule has 0 radical (unpaired) electrons. The third kappa shape index (κ3) is 4.31. The highest BCUT2D eigenvalue weighted by Crippen LogP contribution is 2.28. The summed E-state index contributed by atoms with van der Waals surface area (Å²) in [5, 5.41) is 4.87. The lowest BCUT2D eigenvalue weighted by Crippen LogP contribution is -2.34. The first-order valence-corrected chi connectivity index (χ1v) is 9.36. The summed E-state index contributed by atoms with van der Waals surface area (Å²) in [5.74, 6) is 0.110. The van der Waals surface area contributed by atoms with Crippen LogP contribution in [0, 0.1) is 5.82 Å². The van der Waals surface area contributed by atoms with Gasteiger partial charge in [0.25, 0.3) is 5.91 Å². The average molecular weight is 380 g/mol. The number of hydrogen-bond acceptors (Lipinski definition) is 3. The number of likely N-dealkylation sites (N-methyl/N-ethyl adjacent to an activating group) is 1. The van der Waals surface area contributed by atoms with Crippen molar-refractivity contribution in [3.63, 3.8) is 0 Å². The van der Waals surface area contributed by atoms with Crippen LogP contribution in [0.4, 0.5) is 4.39 Å². The summed E-state index contributed by atoms with van der Waals surface area (Å²) in [6.45, 7) is 2.77. The van der Waals surface area contributed by atoms with E-state index in [0.717, 1.165) is 16.3 Å². The molecule has 0 heterocycles. The monoisotopic (exact) mass is 380 g/mol. The van der Waals surface area contributed by atoms with E-state index < -0.39 is 0 Å². The Kier molecular flexibility index (Phi) is 6.26. The van der Waals surface area contributed by atoms with E-state index in [9.17, 15) is 9.18 Å². The van der Waals surface area contributed by atoms with Crippen LogP contribution < -0.4 is 10.1 Å². The number of hydrogen-bond donors (Lipinski definition) is 1. The van der Waals surface area contributed by atoms with Gasteiger partial charge in [0.2, 0.25) is 0 Å². The van der Waals surface area contributed by atoms with Crippen LogP contribution in [0.2, 0.25) is 0 Å². The van der Waals surface area contributed by atoms with Gasteiger partial charge in [0.15, 0.2) is 0 Å². The SMILES string of the molecule is CCOc1ccc2ccccc2c1C(=O)NC[C@H](c1ccc(F)cc1)N(C)C. The molecule has 146 valence electrons. The molecule has 0 aliphatic heterocycles. The maximum atomic E-state index is 13.3. The van der Waals surface area contributed by atoms with Crippen LogP contribution in [0.5, 0.6) is 5.75 Å². The first-order chi connectivity index (χ1) is 13.5. The predicted octanol–water partition coefficient (Wildman–Crippen LogP) is 4.41. The number of rotatable bonds is 7. The highest BCUT2D eigenvalue weighted by Gasteiger charge is 2.20. The van der Waals surface area contributed by atoms with Crippen molar-refractivity contribution in [2.75, 3.05) is 27.2 Å². The fourth-order valence-electron chi connectivity index (χ4n) is 3.32. The summed E-state index contributed by atoms with van der Waals surface area (Å²) in [6, 6.07) is 17.8. The van der Waals surface area contributed by atoms with Crippen molar-refractivity contribution in [1.29, 1.82) is 0 Å². The fraction of sp³-hybridized carbons (Fsp3) is 0.261. The minimum Gasteiger partial charge on any atom is -0.493 e. The largest absolute Gasteiger partial charge is 0.493 e. The van der Waals surface area contributed by atoms with Crippen molar-refractivity contribution < 1.29 is 13.9 Å². The van der Waals surface area contributed by atoms with Crippen LogP contribution in [0.3, 0.4) is 0 Å². The first kappa shape index (κ1) is 19.8. The van der Waals surface area contributed by atoms with Gasteiger partial charge >= 0.3 is 0 Å². The second-order valence-corrected chi connectivity index (χ2v) is 6.83. The van der Waals surface area contributed by atoms with Gasteiger partial charge in [-0.25, -0.2) is 4.39 Å². The molecule has 28 heavy (non-hydrogen) atoms. The minimum absolute atomic E-state index is 0.0740. The number of fused-ring (bicyclic) bond motifs is 1. The first-order valence-electron chi connectivity index (χ1n) is 9.36. The van der Waals surface area contributed by atoms with Crippen molar-refractivity contribution in [2.24, 2.45) is 0 Å². The topological polar surface area (TPSA) is 41.6 Å². The number of nitrogens with one attached hydrogen (secondary N) is 1. The zero-order chi connectivity index (χ0) is 20.1. The van der Waals surface area contributed by atoms with Crippen LogP contribution in [0.1, 0.15) is 28.9 Å². The van der Waals surface area contributed by atoms with E-state index in [-0.39, 0.29) is 17.8 Å². The molecule has 3 rings (SSSR count). The maximum absolute atomic E-state index is 13.3. The molecular weight excluding hydrogens is 355 g/mol. The zero-order valence-corrected chi connectivity index (χ0v) is 16.4. The lowest BCUT2D eigenvalue weighted by atomic mass is 10.0. The number of benzene rings is 3. The van der Waals surface area contributed by atoms with Crippen LogP contribution >= 0.6 is 0 Å². The quantitative estimate of drug-likeness (QED) is 0.660. The normalized spacial score (nSPS) is 12.2. The predicted molar refractivity (Wildman–Crippen MR) is 110 cm³/mol. The third-order valence-electron chi connectivity index (χ3n) is 4.75. The van der Waals surface area contributed by atoms with Crippen LogP contribution in [-0.2, 0) is 0 Å². The molecule has 5 heteroatoms. The number of carbonyl (C=O) groups excluding carboxylic acids is 1. The molecule has 1 atom stereocenters. The van der Waals surface area contributed by atoms with Gasteiger partial charge in [0.1, 0.15) is 11.6 Å². The summed E-state index contributed by atoms with van der Waals surface area (Å²) in [7, 11) is 3.87. The van der Waals surface area contributed by atoms with Gasteiger partial charge in [0, 0.05) is 6.54 Å². The fourth-order valence-corrected chi connectivity index (χ4v) is 3.32. The van der Waals surface area contributed by atoms with Crippen molar-refractivity contribution in [1.82, 2.24) is 10.2 Å². The van der Waals surface area contributed by atoms with Crippen molar-refractivity contribution in [3.05, 3.63) is 77.6 Å². The molecule has 0 unspecified atom stereocenters. The summed E-state index contributed by atoms with van der Waals surface area (Å²) < 4.78 is 19.0. The Hall–Kier alpha value is -2.92. The number of amides is 1. The average Bonchev–Trinajstić information content (AvgIpc) is 2.69. The Balaban J connectivity index is 1.87. The third-order valence-corrected chi connectivity index (χ3v) is 4.75. The van der Waals surface area contributed by atoms with Crippen LogP contribution in [-0.4, -0.2) is 38.1 Å². The lowest BCUT2D eigenvalue weighted by Gasteiger charge is -2.25. The highest BCUT2D eigenvalue weighted by molar-refractivity contribution is 6.09. The second kappa shape index (κ2) is 8.85. The molecule has 4 nitrogen and oxygen atoms in total. The smallest absolute Gasteiger partial charge is 0.255 e. The molecule has 0 aromatic heterocycles. The Morgan fingerprint density at radius 1 is 1.07 bits per heavy atom. The number of nitrogens with zero attached hydrogens (tertiary/aromatic N) is 1. The molecule has 3 aromatic rings. The Morgan fingerprint density at radius 3 is 2.46 bits per heavy atom. The Bertz CT molecular complexity index is 954. The van der Waals surface area contributed by atoms with Gasteiger partial charge in [0.05, 0.1) is 18.2 Å². The van der Waals surface area contributed by atoms with Gasteiger partial charge in [-0.2, -0.15) is 0 Å². The molecule has 0 fully saturated rings. The summed E-state index contributed by atoms with van der Waals surface area (Å²) >= 11 is 0. The number of ether oxygens (including phenoxy) is 1. The molecule has 0 aliphatic carbocycles. The van der Waals surface area contributed by atoms with Crippen LogP contribution in [0.15, 0.2) is 60.7 Å². The van der Waals surface area contributed by atoms with E-state index in [2.05, 4.69) is 5.32 Å². The molecule has 0 spiro atoms. The van der Waals surface area contributed by atoms with Gasteiger partial charge in [-0.1, -0.05) is 42.5 Å². The summed E-state index contributed by atoms with van der Waals surface area (Å²) in [4.78, 5) is 15.1. The van der Waals surface area contributed by atoms with E-state index in [4.69, 9.17) is 4.74 Å². The van der Waals surface area contributed by atoms with E-state index in [1.54, 1.807) is 12.1 Å². The molecule has 3 aromatic carbocycles. The van der Waals surface area contributed by atoms with Crippen LogP contribution in [0.25, 0.3) is 10.8 Å². The molecular formula is C23H25FN2O2. The van der Waals surface area contributed by atoms with Gasteiger partial charge in [-0.05, 0) is 55.6 Å². The lowest BCUT2D eigenvalue weighted by molar-refractivity contribution is 0.0940. The number of carbonyl (C=O) groups is 1. The summed E-state index contributed by atoms with van der Waals surface area (Å²) in [6.07, 6.45) is 0. The number of halogens is 1. The Morgan fingerprint density at radius 2 is 1.79 bits per heavy atom. The molecule has 1 N–H and O–H groups in total. The standard InChI is InChI=1S/C23H25FN2O2/c1-4-28-21-14-11-16-7-5-6-8-19(16)22(21)23(27)25-15-20(26(2)3)17-9-12-18(24)13-10-17/h5-14,20H,4,15H2,1-3H3,(H,25,27)/t20-/m1/s1. The molecule has 1 amide bonds. The van der Waals surface area contributed by atoms with Gasteiger partial charge < -0.3 is 15.0 Å². The highest BCUT2D eigenvalue weighted by atomic mass is 19.1. The minimum atomic E-state index is -0.276. The molecule has 0 bridgehead atoms. The molecule has 0 saturated heterocycles. The van der Waals surface area contributed by atoms with Crippen molar-refractivity contribution in [3.8, 4) is 5.75 Å². The second-order valence-electron chi connectivity index (χ2n) is 6.83. The van der Waals surface area contributed by atoms with Gasteiger partial charge in [-0.15, -0.1) is 0 Å². The zero-order valence-electron chi connectivity index (χ0n) is 16.4. The van der Waals surface area contributed by atoms with E-state index in [0.29, 0.717) is 24.5 Å². The van der Waals surface area contributed by atoms with Gasteiger partial charge in [-0.3, -0.25) is 4.79 Å². The molecule has 0 aliphatic rings. The summed E-state index contributed by atoms with van der Waals surface area (Å²) in [5.41, 5.74) is 1.48. The van der Waals surface area contributed by atoms with E-state index >= 15 is 0 Å². The van der Waals surface area contributed by atoms with Crippen molar-refractivity contribution >= 4 is 16.7 Å². The van der Waals surface area contributed by atoms with Crippen molar-refractivity contribution in [2.45, 2.75) is 13.0 Å².